The third kappa shape index (κ3) is 5.96. The molecule has 1 amide bonds. The molecule has 0 radical (unpaired) electrons. The van der Waals surface area contributed by atoms with Crippen LogP contribution in [0, 0.1) is 13.8 Å². The first kappa shape index (κ1) is 28.3. The smallest absolute Gasteiger partial charge is 0.338 e. The van der Waals surface area contributed by atoms with Gasteiger partial charge in [0.15, 0.2) is 5.82 Å². The summed E-state index contributed by atoms with van der Waals surface area (Å²) >= 11 is 0. The van der Waals surface area contributed by atoms with Crippen LogP contribution in [0.1, 0.15) is 58.2 Å². The number of methoxy groups -OCH3 is 1. The lowest BCUT2D eigenvalue weighted by atomic mass is 9.86. The highest BCUT2D eigenvalue weighted by molar-refractivity contribution is 6.05. The maximum atomic E-state index is 13.0. The van der Waals surface area contributed by atoms with Gasteiger partial charge in [-0.2, -0.15) is 0 Å². The molecule has 0 unspecified atom stereocenters. The summed E-state index contributed by atoms with van der Waals surface area (Å²) in [6.45, 7) is 10.1. The van der Waals surface area contributed by atoms with E-state index < -0.39 is 5.97 Å². The van der Waals surface area contributed by atoms with Gasteiger partial charge >= 0.3 is 5.97 Å². The number of carbonyl (C=O) groups is 2. The number of anilines is 3. The van der Waals surface area contributed by atoms with Crippen LogP contribution in [0.5, 0.6) is 0 Å². The Bertz CT molecular complexity index is 1650. The van der Waals surface area contributed by atoms with Gasteiger partial charge < -0.3 is 19.9 Å². The molecule has 40 heavy (non-hydrogen) atoms. The van der Waals surface area contributed by atoms with Gasteiger partial charge in [0.2, 0.25) is 0 Å². The Balaban J connectivity index is 1.62. The molecule has 1 aromatic heterocycles. The van der Waals surface area contributed by atoms with Crippen molar-refractivity contribution in [1.82, 2.24) is 9.55 Å². The monoisotopic (exact) mass is 538 g/mol. The fourth-order valence-electron chi connectivity index (χ4n) is 4.40. The molecule has 3 aromatic carbocycles. The Morgan fingerprint density at radius 3 is 2.30 bits per heavy atom. The number of ether oxygens (including phenoxy) is 1. The average Bonchev–Trinajstić information content (AvgIpc) is 2.91. The van der Waals surface area contributed by atoms with Crippen molar-refractivity contribution in [1.29, 1.82) is 0 Å². The summed E-state index contributed by atoms with van der Waals surface area (Å²) in [5, 5.41) is 6.10. The quantitative estimate of drug-likeness (QED) is 0.286. The third-order valence-electron chi connectivity index (χ3n) is 6.84. The Labute approximate surface area is 234 Å². The number of aromatic nitrogens is 2. The second-order valence-corrected chi connectivity index (χ2v) is 10.8. The largest absolute Gasteiger partial charge is 0.465 e. The van der Waals surface area contributed by atoms with Gasteiger partial charge in [-0.25, -0.2) is 9.78 Å². The molecule has 0 aliphatic carbocycles. The minimum absolute atomic E-state index is 0.00174. The van der Waals surface area contributed by atoms with Crippen LogP contribution in [-0.4, -0.2) is 28.5 Å². The summed E-state index contributed by atoms with van der Waals surface area (Å²) in [7, 11) is 2.99. The number of amides is 1. The van der Waals surface area contributed by atoms with E-state index >= 15 is 0 Å². The fourth-order valence-corrected chi connectivity index (χ4v) is 4.40. The number of benzene rings is 3. The lowest BCUT2D eigenvalue weighted by Gasteiger charge is -2.19. The molecular formula is C32H34N4O4. The van der Waals surface area contributed by atoms with E-state index in [1.54, 1.807) is 38.4 Å². The van der Waals surface area contributed by atoms with Crippen LogP contribution in [0.25, 0.3) is 11.3 Å². The van der Waals surface area contributed by atoms with Gasteiger partial charge in [0, 0.05) is 35.7 Å². The van der Waals surface area contributed by atoms with Crippen molar-refractivity contribution < 1.29 is 14.3 Å². The van der Waals surface area contributed by atoms with Crippen molar-refractivity contribution in [2.45, 2.75) is 40.0 Å². The summed E-state index contributed by atoms with van der Waals surface area (Å²) in [6.07, 6.45) is 1.66. The van der Waals surface area contributed by atoms with Gasteiger partial charge in [-0.1, -0.05) is 45.0 Å². The zero-order valence-electron chi connectivity index (χ0n) is 23.9. The average molecular weight is 539 g/mol. The van der Waals surface area contributed by atoms with Gasteiger partial charge in [0.25, 0.3) is 11.5 Å². The van der Waals surface area contributed by atoms with Crippen LogP contribution in [0.3, 0.4) is 0 Å². The van der Waals surface area contributed by atoms with Crippen molar-refractivity contribution in [3.63, 3.8) is 0 Å². The molecule has 4 rings (SSSR count). The van der Waals surface area contributed by atoms with Crippen LogP contribution < -0.4 is 16.2 Å². The molecule has 0 aliphatic heterocycles. The molecule has 206 valence electrons. The van der Waals surface area contributed by atoms with E-state index in [0.717, 1.165) is 16.7 Å². The van der Waals surface area contributed by atoms with E-state index in [2.05, 4.69) is 36.4 Å². The second-order valence-electron chi connectivity index (χ2n) is 10.8. The predicted octanol–water partition coefficient (Wildman–Crippen LogP) is 6.14. The molecule has 0 fully saturated rings. The van der Waals surface area contributed by atoms with Crippen molar-refractivity contribution in [3.8, 4) is 11.3 Å². The zero-order chi connectivity index (χ0) is 29.2. The van der Waals surface area contributed by atoms with Crippen LogP contribution in [-0.2, 0) is 17.2 Å². The Hall–Kier alpha value is -4.72. The number of rotatable bonds is 6. The van der Waals surface area contributed by atoms with Crippen LogP contribution >= 0.6 is 0 Å². The minimum Gasteiger partial charge on any atom is -0.465 e. The number of esters is 1. The number of hydrogen-bond acceptors (Lipinski definition) is 6. The number of hydrogen-bond donors (Lipinski definition) is 2. The number of nitrogens with one attached hydrogen (secondary N) is 2. The maximum Gasteiger partial charge on any atom is 0.338 e. The third-order valence-corrected chi connectivity index (χ3v) is 6.84. The summed E-state index contributed by atoms with van der Waals surface area (Å²) in [5.74, 6) is -0.496. The highest BCUT2D eigenvalue weighted by Gasteiger charge is 2.17. The molecule has 8 heteroatoms. The number of aryl methyl sites for hydroxylation is 2. The summed E-state index contributed by atoms with van der Waals surface area (Å²) in [4.78, 5) is 42.5. The summed E-state index contributed by atoms with van der Waals surface area (Å²) in [6, 6.07) is 18.3. The first-order valence-corrected chi connectivity index (χ1v) is 12.9. The molecular weight excluding hydrogens is 504 g/mol. The van der Waals surface area contributed by atoms with E-state index in [4.69, 9.17) is 4.74 Å². The van der Waals surface area contributed by atoms with Crippen molar-refractivity contribution in [2.75, 3.05) is 17.7 Å². The Morgan fingerprint density at radius 2 is 1.68 bits per heavy atom. The lowest BCUT2D eigenvalue weighted by Crippen LogP contribution is -2.21. The number of nitrogens with zero attached hydrogens (tertiary/aromatic N) is 2. The first-order valence-electron chi connectivity index (χ1n) is 12.9. The van der Waals surface area contributed by atoms with Crippen molar-refractivity contribution in [3.05, 3.63) is 105 Å². The van der Waals surface area contributed by atoms with E-state index in [1.807, 2.05) is 49.4 Å². The molecule has 0 spiro atoms. The maximum absolute atomic E-state index is 13.0. The molecule has 0 bridgehead atoms. The summed E-state index contributed by atoms with van der Waals surface area (Å²) in [5.41, 5.74) is 5.99. The van der Waals surface area contributed by atoms with Crippen LogP contribution in [0.15, 0.2) is 71.7 Å². The van der Waals surface area contributed by atoms with Gasteiger partial charge in [-0.3, -0.25) is 9.59 Å². The topological polar surface area (TPSA) is 102 Å². The molecule has 1 heterocycles. The van der Waals surface area contributed by atoms with E-state index in [1.165, 1.54) is 11.7 Å². The van der Waals surface area contributed by atoms with E-state index in [9.17, 15) is 14.4 Å². The van der Waals surface area contributed by atoms with Crippen LogP contribution in [0.4, 0.5) is 17.2 Å². The Morgan fingerprint density at radius 1 is 0.975 bits per heavy atom. The first-order chi connectivity index (χ1) is 18.9. The molecule has 0 aliphatic rings. The molecule has 8 nitrogen and oxygen atoms in total. The second kappa shape index (κ2) is 11.2. The molecule has 0 saturated heterocycles. The highest BCUT2D eigenvalue weighted by atomic mass is 16.5. The van der Waals surface area contributed by atoms with E-state index in [-0.39, 0.29) is 22.7 Å². The number of carbonyl (C=O) groups excluding carboxylic acids is 2. The fraction of sp³-hybridized carbons (Fsp3) is 0.250. The molecule has 2 N–H and O–H groups in total. The minimum atomic E-state index is -0.426. The van der Waals surface area contributed by atoms with Gasteiger partial charge in [-0.15, -0.1) is 0 Å². The summed E-state index contributed by atoms with van der Waals surface area (Å²) < 4.78 is 6.27. The van der Waals surface area contributed by atoms with Gasteiger partial charge in [0.1, 0.15) is 0 Å². The highest BCUT2D eigenvalue weighted by Crippen LogP contribution is 2.29. The Kier molecular flexibility index (Phi) is 7.91. The molecule has 4 aromatic rings. The van der Waals surface area contributed by atoms with Gasteiger partial charge in [-0.05, 0) is 72.4 Å². The molecule has 0 atom stereocenters. The van der Waals surface area contributed by atoms with Crippen LogP contribution in [0.2, 0.25) is 0 Å². The van der Waals surface area contributed by atoms with Gasteiger partial charge in [0.05, 0.1) is 18.4 Å². The van der Waals surface area contributed by atoms with Crippen molar-refractivity contribution >= 4 is 29.1 Å². The molecule has 0 saturated carbocycles. The van der Waals surface area contributed by atoms with Crippen molar-refractivity contribution in [2.24, 2.45) is 7.05 Å². The SMILES string of the molecule is COC(=O)c1ccc(Nc2nc(-c3cccc(NC(=O)c4ccc(C(C)(C)C)cc4)c3C)cn(C)c2=O)cc1C. The predicted molar refractivity (Wildman–Crippen MR) is 159 cm³/mol. The zero-order valence-corrected chi connectivity index (χ0v) is 23.9. The standard InChI is InChI=1S/C32H34N4O4/c1-19-17-23(15-16-24(19)31(39)40-7)33-28-30(38)36(6)18-27(34-28)25-9-8-10-26(20(25)2)35-29(37)21-11-13-22(14-12-21)32(3,4)5/h8-18H,1-7H3,(H,33,34)(H,35,37). The normalized spacial score (nSPS) is 11.2. The lowest BCUT2D eigenvalue weighted by molar-refractivity contribution is 0.0600. The van der Waals surface area contributed by atoms with E-state index in [0.29, 0.717) is 33.8 Å².